The number of hydrogen-bond acceptors (Lipinski definition) is 3. The van der Waals surface area contributed by atoms with Gasteiger partial charge in [-0.05, 0) is 36.4 Å². The van der Waals surface area contributed by atoms with Gasteiger partial charge in [-0.2, -0.15) is 0 Å². The largest absolute Gasteiger partial charge is 0.248 e. The van der Waals surface area contributed by atoms with Crippen LogP contribution in [0.1, 0.15) is 0 Å². The molecular formula is C22H11Cl3N2S. The van der Waals surface area contributed by atoms with Crippen molar-refractivity contribution in [2.75, 3.05) is 0 Å². The van der Waals surface area contributed by atoms with Crippen molar-refractivity contribution in [2.24, 2.45) is 0 Å². The molecule has 0 amide bonds. The van der Waals surface area contributed by atoms with Gasteiger partial charge in [-0.3, -0.25) is 0 Å². The SMILES string of the molecule is Clc1ccc(-c2cc(-c3nc4ccccc4s3)c3ccccc3n2)c(Cl)c1Cl. The van der Waals surface area contributed by atoms with Crippen LogP contribution in [-0.2, 0) is 0 Å². The second-order valence-corrected chi connectivity index (χ2v) is 8.48. The van der Waals surface area contributed by atoms with Crippen molar-refractivity contribution in [2.45, 2.75) is 0 Å². The average molecular weight is 442 g/mol. The van der Waals surface area contributed by atoms with Crippen molar-refractivity contribution in [1.82, 2.24) is 9.97 Å². The Morgan fingerprint density at radius 1 is 0.679 bits per heavy atom. The molecule has 5 rings (SSSR count). The third-order valence-electron chi connectivity index (χ3n) is 4.55. The Kier molecular flexibility index (Phi) is 4.48. The van der Waals surface area contributed by atoms with E-state index in [9.17, 15) is 0 Å². The van der Waals surface area contributed by atoms with E-state index in [2.05, 4.69) is 12.1 Å². The minimum absolute atomic E-state index is 0.331. The highest BCUT2D eigenvalue weighted by molar-refractivity contribution is 7.21. The summed E-state index contributed by atoms with van der Waals surface area (Å²) in [6, 6.07) is 21.7. The second kappa shape index (κ2) is 7.02. The molecular weight excluding hydrogens is 431 g/mol. The van der Waals surface area contributed by atoms with E-state index in [1.807, 2.05) is 48.5 Å². The third kappa shape index (κ3) is 2.96. The summed E-state index contributed by atoms with van der Waals surface area (Å²) >= 11 is 20.5. The topological polar surface area (TPSA) is 25.8 Å². The van der Waals surface area contributed by atoms with Gasteiger partial charge in [-0.15, -0.1) is 11.3 Å². The second-order valence-electron chi connectivity index (χ2n) is 6.28. The number of aromatic nitrogens is 2. The maximum atomic E-state index is 6.48. The van der Waals surface area contributed by atoms with Gasteiger partial charge >= 0.3 is 0 Å². The summed E-state index contributed by atoms with van der Waals surface area (Å²) in [5, 5.41) is 3.13. The number of pyridine rings is 1. The predicted octanol–water partition coefficient (Wildman–Crippen LogP) is 8.14. The summed E-state index contributed by atoms with van der Waals surface area (Å²) in [6.45, 7) is 0. The van der Waals surface area contributed by atoms with E-state index < -0.39 is 0 Å². The van der Waals surface area contributed by atoms with E-state index in [0.717, 1.165) is 42.9 Å². The minimum atomic E-state index is 0.331. The molecule has 0 unspecified atom stereocenters. The Morgan fingerprint density at radius 3 is 2.25 bits per heavy atom. The molecule has 0 fully saturated rings. The fourth-order valence-corrected chi connectivity index (χ4v) is 4.83. The summed E-state index contributed by atoms with van der Waals surface area (Å²) < 4.78 is 1.15. The standard InChI is InChI=1S/C22H11Cl3N2S/c23-15-10-9-13(20(24)21(15)25)18-11-14(12-5-1-2-6-16(12)26-18)22-27-17-7-3-4-8-19(17)28-22/h1-11H. The molecule has 0 aliphatic carbocycles. The highest BCUT2D eigenvalue weighted by atomic mass is 35.5. The van der Waals surface area contributed by atoms with Crippen molar-refractivity contribution >= 4 is 67.3 Å². The average Bonchev–Trinajstić information content (AvgIpc) is 3.15. The summed E-state index contributed by atoms with van der Waals surface area (Å²) in [5.41, 5.74) is 4.35. The molecule has 3 aromatic carbocycles. The molecule has 5 aromatic rings. The van der Waals surface area contributed by atoms with Crippen LogP contribution < -0.4 is 0 Å². The van der Waals surface area contributed by atoms with Crippen LogP contribution in [0.25, 0.3) is 42.9 Å². The number of para-hydroxylation sites is 2. The zero-order valence-electron chi connectivity index (χ0n) is 14.3. The first-order chi connectivity index (χ1) is 13.6. The molecule has 0 spiro atoms. The zero-order valence-corrected chi connectivity index (χ0v) is 17.4. The summed E-state index contributed by atoms with van der Waals surface area (Å²) in [7, 11) is 0. The van der Waals surface area contributed by atoms with E-state index in [0.29, 0.717) is 15.1 Å². The molecule has 0 radical (unpaired) electrons. The van der Waals surface area contributed by atoms with Gasteiger partial charge < -0.3 is 0 Å². The van der Waals surface area contributed by atoms with Crippen LogP contribution in [0.15, 0.2) is 66.7 Å². The molecule has 0 N–H and O–H groups in total. The lowest BCUT2D eigenvalue weighted by Crippen LogP contribution is -1.91. The van der Waals surface area contributed by atoms with E-state index in [-0.39, 0.29) is 0 Å². The van der Waals surface area contributed by atoms with Crippen molar-refractivity contribution < 1.29 is 0 Å². The van der Waals surface area contributed by atoms with E-state index in [4.69, 9.17) is 44.8 Å². The Bertz CT molecular complexity index is 1330. The van der Waals surface area contributed by atoms with Crippen molar-refractivity contribution in [3.05, 3.63) is 81.8 Å². The lowest BCUT2D eigenvalue weighted by Gasteiger charge is -2.11. The molecule has 0 aliphatic rings. The molecule has 2 heterocycles. The van der Waals surface area contributed by atoms with E-state index >= 15 is 0 Å². The molecule has 0 saturated heterocycles. The van der Waals surface area contributed by atoms with Crippen LogP contribution in [0.2, 0.25) is 15.1 Å². The van der Waals surface area contributed by atoms with Crippen molar-refractivity contribution in [3.8, 4) is 21.8 Å². The number of benzene rings is 3. The molecule has 0 bridgehead atoms. The van der Waals surface area contributed by atoms with Gasteiger partial charge in [0.1, 0.15) is 5.01 Å². The molecule has 0 aliphatic heterocycles. The van der Waals surface area contributed by atoms with E-state index in [1.54, 1.807) is 17.4 Å². The van der Waals surface area contributed by atoms with Gasteiger partial charge in [0.25, 0.3) is 0 Å². The van der Waals surface area contributed by atoms with E-state index in [1.165, 1.54) is 0 Å². The molecule has 2 nitrogen and oxygen atoms in total. The Morgan fingerprint density at radius 2 is 1.43 bits per heavy atom. The predicted molar refractivity (Wildman–Crippen MR) is 121 cm³/mol. The lowest BCUT2D eigenvalue weighted by atomic mass is 10.0. The molecule has 28 heavy (non-hydrogen) atoms. The number of nitrogens with zero attached hydrogens (tertiary/aromatic N) is 2. The minimum Gasteiger partial charge on any atom is -0.248 e. The van der Waals surface area contributed by atoms with Crippen LogP contribution in [0.5, 0.6) is 0 Å². The van der Waals surface area contributed by atoms with Gasteiger partial charge in [-0.25, -0.2) is 9.97 Å². The monoisotopic (exact) mass is 440 g/mol. The summed E-state index contributed by atoms with van der Waals surface area (Å²) in [4.78, 5) is 9.64. The normalized spacial score (nSPS) is 11.4. The first kappa shape index (κ1) is 17.9. The van der Waals surface area contributed by atoms with Crippen LogP contribution in [0, 0.1) is 0 Å². The molecule has 6 heteroatoms. The smallest absolute Gasteiger partial charge is 0.125 e. The molecule has 2 aromatic heterocycles. The zero-order chi connectivity index (χ0) is 19.3. The van der Waals surface area contributed by atoms with Crippen LogP contribution >= 0.6 is 46.1 Å². The highest BCUT2D eigenvalue weighted by Gasteiger charge is 2.16. The highest BCUT2D eigenvalue weighted by Crippen LogP contribution is 2.41. The Hall–Kier alpha value is -2.17. The maximum absolute atomic E-state index is 6.48. The van der Waals surface area contributed by atoms with Crippen LogP contribution in [-0.4, -0.2) is 9.97 Å². The maximum Gasteiger partial charge on any atom is 0.125 e. The summed E-state index contributed by atoms with van der Waals surface area (Å²) in [5.74, 6) is 0. The van der Waals surface area contributed by atoms with Crippen LogP contribution in [0.3, 0.4) is 0 Å². The van der Waals surface area contributed by atoms with Crippen molar-refractivity contribution in [1.29, 1.82) is 0 Å². The van der Waals surface area contributed by atoms with Gasteiger partial charge in [0.2, 0.25) is 0 Å². The van der Waals surface area contributed by atoms with Gasteiger partial charge in [0, 0.05) is 16.5 Å². The summed E-state index contributed by atoms with van der Waals surface area (Å²) in [6.07, 6.45) is 0. The fraction of sp³-hybridized carbons (Fsp3) is 0. The molecule has 0 saturated carbocycles. The van der Waals surface area contributed by atoms with Gasteiger partial charge in [0.05, 0.1) is 36.5 Å². The molecule has 0 atom stereocenters. The Balaban J connectivity index is 1.81. The number of hydrogen-bond donors (Lipinski definition) is 0. The first-order valence-electron chi connectivity index (χ1n) is 8.51. The molecule has 136 valence electrons. The lowest BCUT2D eigenvalue weighted by molar-refractivity contribution is 1.39. The number of thiazole rings is 1. The number of halogens is 3. The Labute approximate surface area is 180 Å². The van der Waals surface area contributed by atoms with Gasteiger partial charge in [0.15, 0.2) is 0 Å². The first-order valence-corrected chi connectivity index (χ1v) is 10.5. The van der Waals surface area contributed by atoms with Crippen LogP contribution in [0.4, 0.5) is 0 Å². The number of rotatable bonds is 2. The van der Waals surface area contributed by atoms with Gasteiger partial charge in [-0.1, -0.05) is 65.1 Å². The van der Waals surface area contributed by atoms with Crippen molar-refractivity contribution in [3.63, 3.8) is 0 Å². The quantitative estimate of drug-likeness (QED) is 0.258. The fourth-order valence-electron chi connectivity index (χ4n) is 3.20. The number of fused-ring (bicyclic) bond motifs is 2. The third-order valence-corrected chi connectivity index (χ3v) is 6.91.